The van der Waals surface area contributed by atoms with Crippen molar-refractivity contribution in [3.05, 3.63) is 53.3 Å². The molecule has 1 atom stereocenters. The molecule has 0 spiro atoms. The monoisotopic (exact) mass is 375 g/mol. The number of rotatable bonds is 3. The predicted molar refractivity (Wildman–Crippen MR) is 97.6 cm³/mol. The number of aromatic nitrogens is 1. The number of hydrogen-bond acceptors (Lipinski definition) is 4. The van der Waals surface area contributed by atoms with Crippen molar-refractivity contribution in [2.45, 2.75) is 20.3 Å². The van der Waals surface area contributed by atoms with Crippen LogP contribution >= 0.6 is 0 Å². The maximum Gasteiger partial charge on any atom is 0.269 e. The van der Waals surface area contributed by atoms with Crippen LogP contribution in [0.1, 0.15) is 28.2 Å². The SMILES string of the molecule is Cc1ccc(C)n1-c1ccc(C(=O)NNC(=O)[C@H]2CCS(=O)(=O)C2)cc1. The molecule has 0 aliphatic carbocycles. The molecular weight excluding hydrogens is 354 g/mol. The topological polar surface area (TPSA) is 97.3 Å². The number of hydrogen-bond donors (Lipinski definition) is 2. The third-order valence-corrected chi connectivity index (χ3v) is 6.33. The van der Waals surface area contributed by atoms with Gasteiger partial charge in [-0.1, -0.05) is 0 Å². The van der Waals surface area contributed by atoms with E-state index in [0.717, 1.165) is 17.1 Å². The van der Waals surface area contributed by atoms with Gasteiger partial charge in [-0.25, -0.2) is 8.42 Å². The number of nitrogens with zero attached hydrogens (tertiary/aromatic N) is 1. The molecule has 2 heterocycles. The molecular formula is C18H21N3O4S. The van der Waals surface area contributed by atoms with E-state index in [1.165, 1.54) is 0 Å². The minimum absolute atomic E-state index is 0.0126. The van der Waals surface area contributed by atoms with Gasteiger partial charge >= 0.3 is 0 Å². The van der Waals surface area contributed by atoms with E-state index in [1.54, 1.807) is 12.1 Å². The molecule has 0 bridgehead atoms. The highest BCUT2D eigenvalue weighted by atomic mass is 32.2. The summed E-state index contributed by atoms with van der Waals surface area (Å²) in [4.78, 5) is 24.1. The maximum absolute atomic E-state index is 12.2. The molecule has 1 saturated heterocycles. The molecule has 1 aliphatic heterocycles. The van der Waals surface area contributed by atoms with Crippen LogP contribution in [0.5, 0.6) is 0 Å². The van der Waals surface area contributed by atoms with Crippen molar-refractivity contribution in [2.24, 2.45) is 5.92 Å². The average molecular weight is 375 g/mol. The van der Waals surface area contributed by atoms with E-state index in [9.17, 15) is 18.0 Å². The van der Waals surface area contributed by atoms with Crippen molar-refractivity contribution in [1.82, 2.24) is 15.4 Å². The zero-order valence-electron chi connectivity index (χ0n) is 14.7. The van der Waals surface area contributed by atoms with E-state index in [0.29, 0.717) is 5.56 Å². The van der Waals surface area contributed by atoms with Crippen LogP contribution in [0.15, 0.2) is 36.4 Å². The van der Waals surface area contributed by atoms with Gasteiger partial charge in [0.1, 0.15) is 0 Å². The predicted octanol–water partition coefficient (Wildman–Crippen LogP) is 1.29. The molecule has 3 rings (SSSR count). The molecule has 1 fully saturated rings. The molecule has 2 amide bonds. The second-order valence-corrected chi connectivity index (χ2v) is 8.77. The summed E-state index contributed by atoms with van der Waals surface area (Å²) < 4.78 is 24.9. The van der Waals surface area contributed by atoms with Crippen molar-refractivity contribution in [3.63, 3.8) is 0 Å². The lowest BCUT2D eigenvalue weighted by Crippen LogP contribution is -2.44. The van der Waals surface area contributed by atoms with Gasteiger partial charge in [0.15, 0.2) is 9.84 Å². The fourth-order valence-corrected chi connectivity index (χ4v) is 4.87. The molecule has 0 unspecified atom stereocenters. The molecule has 2 aromatic rings. The van der Waals surface area contributed by atoms with E-state index in [2.05, 4.69) is 15.4 Å². The minimum atomic E-state index is -3.14. The lowest BCUT2D eigenvalue weighted by atomic mass is 10.1. The van der Waals surface area contributed by atoms with Gasteiger partial charge in [-0.05, 0) is 56.7 Å². The quantitative estimate of drug-likeness (QED) is 0.790. The van der Waals surface area contributed by atoms with Crippen LogP contribution in [0.4, 0.5) is 0 Å². The third kappa shape index (κ3) is 3.80. The fraction of sp³-hybridized carbons (Fsp3) is 0.333. The first-order valence-electron chi connectivity index (χ1n) is 8.33. The number of aryl methyl sites for hydroxylation is 2. The second kappa shape index (κ2) is 6.95. The number of carbonyl (C=O) groups is 2. The van der Waals surface area contributed by atoms with E-state index in [4.69, 9.17) is 0 Å². The summed E-state index contributed by atoms with van der Waals surface area (Å²) in [6, 6.07) is 11.1. The summed E-state index contributed by atoms with van der Waals surface area (Å²) in [5, 5.41) is 0. The summed E-state index contributed by atoms with van der Waals surface area (Å²) in [5.41, 5.74) is 8.19. The maximum atomic E-state index is 12.2. The van der Waals surface area contributed by atoms with Crippen molar-refractivity contribution in [1.29, 1.82) is 0 Å². The third-order valence-electron chi connectivity index (χ3n) is 4.56. The molecule has 26 heavy (non-hydrogen) atoms. The smallest absolute Gasteiger partial charge is 0.269 e. The van der Waals surface area contributed by atoms with Crippen molar-refractivity contribution < 1.29 is 18.0 Å². The van der Waals surface area contributed by atoms with E-state index >= 15 is 0 Å². The highest BCUT2D eigenvalue weighted by Gasteiger charge is 2.33. The van der Waals surface area contributed by atoms with Crippen LogP contribution in [0.25, 0.3) is 5.69 Å². The normalized spacial score (nSPS) is 18.5. The van der Waals surface area contributed by atoms with Gasteiger partial charge in [0.05, 0.1) is 17.4 Å². The summed E-state index contributed by atoms with van der Waals surface area (Å²) in [6.07, 6.45) is 0.286. The second-order valence-electron chi connectivity index (χ2n) is 6.54. The molecule has 2 N–H and O–H groups in total. The summed E-state index contributed by atoms with van der Waals surface area (Å²) in [7, 11) is -3.14. The Kier molecular flexibility index (Phi) is 4.86. The van der Waals surface area contributed by atoms with Crippen molar-refractivity contribution >= 4 is 21.7 Å². The van der Waals surface area contributed by atoms with E-state index in [1.807, 2.05) is 38.1 Å². The van der Waals surface area contributed by atoms with Crippen molar-refractivity contribution in [2.75, 3.05) is 11.5 Å². The molecule has 7 nitrogen and oxygen atoms in total. The van der Waals surface area contributed by atoms with Crippen LogP contribution < -0.4 is 10.9 Å². The van der Waals surface area contributed by atoms with Crippen LogP contribution in [0.2, 0.25) is 0 Å². The molecule has 8 heteroatoms. The van der Waals surface area contributed by atoms with Gasteiger partial charge in [-0.3, -0.25) is 20.4 Å². The van der Waals surface area contributed by atoms with Crippen LogP contribution in [-0.4, -0.2) is 36.3 Å². The Morgan fingerprint density at radius 2 is 1.62 bits per heavy atom. The van der Waals surface area contributed by atoms with Crippen LogP contribution in [0.3, 0.4) is 0 Å². The number of hydrazine groups is 1. The number of sulfone groups is 1. The van der Waals surface area contributed by atoms with E-state index < -0.39 is 27.6 Å². The Morgan fingerprint density at radius 1 is 1.00 bits per heavy atom. The van der Waals surface area contributed by atoms with Crippen LogP contribution in [-0.2, 0) is 14.6 Å². The standard InChI is InChI=1S/C18H21N3O4S/c1-12-3-4-13(2)21(12)16-7-5-14(6-8-16)17(22)19-20-18(23)15-9-10-26(24,25)11-15/h3-8,15H,9-11H2,1-2H3,(H,19,22)(H,20,23)/t15-/m0/s1. The highest BCUT2D eigenvalue weighted by Crippen LogP contribution is 2.18. The zero-order valence-corrected chi connectivity index (χ0v) is 15.5. The van der Waals surface area contributed by atoms with Gasteiger partial charge in [0.25, 0.3) is 5.91 Å². The summed E-state index contributed by atoms with van der Waals surface area (Å²) in [5.74, 6) is -1.69. The number of amides is 2. The first-order valence-corrected chi connectivity index (χ1v) is 10.1. The van der Waals surface area contributed by atoms with Gasteiger partial charge in [0, 0.05) is 22.6 Å². The number of carbonyl (C=O) groups excluding carboxylic acids is 2. The largest absolute Gasteiger partial charge is 0.319 e. The van der Waals surface area contributed by atoms with Crippen molar-refractivity contribution in [3.8, 4) is 5.69 Å². The zero-order chi connectivity index (χ0) is 18.9. The highest BCUT2D eigenvalue weighted by molar-refractivity contribution is 7.91. The molecule has 1 aromatic heterocycles. The fourth-order valence-electron chi connectivity index (χ4n) is 3.13. The van der Waals surface area contributed by atoms with Gasteiger partial charge in [-0.15, -0.1) is 0 Å². The summed E-state index contributed by atoms with van der Waals surface area (Å²) in [6.45, 7) is 4.01. The lowest BCUT2D eigenvalue weighted by molar-refractivity contribution is -0.125. The minimum Gasteiger partial charge on any atom is -0.319 e. The van der Waals surface area contributed by atoms with Gasteiger partial charge in [-0.2, -0.15) is 0 Å². The number of benzene rings is 1. The molecule has 0 saturated carbocycles. The first kappa shape index (κ1) is 18.2. The Bertz CT molecular complexity index is 926. The lowest BCUT2D eigenvalue weighted by Gasteiger charge is -2.12. The van der Waals surface area contributed by atoms with Crippen LogP contribution in [0, 0.1) is 19.8 Å². The molecule has 1 aliphatic rings. The number of nitrogens with one attached hydrogen (secondary N) is 2. The Balaban J connectivity index is 1.61. The average Bonchev–Trinajstić information content (AvgIpc) is 3.14. The van der Waals surface area contributed by atoms with Gasteiger partial charge in [0.2, 0.25) is 5.91 Å². The Labute approximate surface area is 152 Å². The Morgan fingerprint density at radius 3 is 2.15 bits per heavy atom. The first-order chi connectivity index (χ1) is 12.3. The molecule has 1 aromatic carbocycles. The Hall–Kier alpha value is -2.61. The van der Waals surface area contributed by atoms with Gasteiger partial charge < -0.3 is 4.57 Å². The van der Waals surface area contributed by atoms with E-state index in [-0.39, 0.29) is 17.9 Å². The molecule has 0 radical (unpaired) electrons. The molecule has 138 valence electrons. The summed E-state index contributed by atoms with van der Waals surface area (Å²) >= 11 is 0.